The Bertz CT molecular complexity index is 263. The van der Waals surface area contributed by atoms with Crippen molar-refractivity contribution in [2.24, 2.45) is 5.92 Å². The van der Waals surface area contributed by atoms with Crippen LogP contribution in [0.5, 0.6) is 0 Å². The zero-order valence-corrected chi connectivity index (χ0v) is 9.84. The maximum Gasteiger partial charge on any atom is 0.122 e. The monoisotopic (exact) mass is 242 g/mol. The van der Waals surface area contributed by atoms with Gasteiger partial charge in [0.25, 0.3) is 0 Å². The quantitative estimate of drug-likeness (QED) is 0.675. The molecule has 1 aliphatic carbocycles. The van der Waals surface area contributed by atoms with Crippen molar-refractivity contribution in [2.45, 2.75) is 18.7 Å². The van der Waals surface area contributed by atoms with E-state index in [9.17, 15) is 0 Å². The number of rotatable bonds is 2. The zero-order valence-electron chi connectivity index (χ0n) is 8.25. The molecule has 2 heteroatoms. The minimum absolute atomic E-state index is 0.414. The summed E-state index contributed by atoms with van der Waals surface area (Å²) in [6.07, 6.45) is 8.30. The van der Waals surface area contributed by atoms with E-state index in [1.165, 1.54) is 5.57 Å². The number of hydrogen-bond acceptors (Lipinski definition) is 1. The van der Waals surface area contributed by atoms with E-state index in [2.05, 4.69) is 35.0 Å². The lowest BCUT2D eigenvalue weighted by atomic mass is 9.92. The molecule has 2 atom stereocenters. The molecule has 13 heavy (non-hydrogen) atoms. The van der Waals surface area contributed by atoms with Crippen LogP contribution in [-0.2, 0) is 4.74 Å². The molecule has 0 fully saturated rings. The van der Waals surface area contributed by atoms with Gasteiger partial charge in [0.15, 0.2) is 0 Å². The third-order valence-electron chi connectivity index (χ3n) is 2.25. The summed E-state index contributed by atoms with van der Waals surface area (Å²) in [4.78, 5) is 0.414. The van der Waals surface area contributed by atoms with Crippen molar-refractivity contribution in [3.05, 3.63) is 35.6 Å². The van der Waals surface area contributed by atoms with E-state index < -0.39 is 0 Å². The van der Waals surface area contributed by atoms with Gasteiger partial charge in [0.1, 0.15) is 5.76 Å². The van der Waals surface area contributed by atoms with Gasteiger partial charge in [0.05, 0.1) is 7.11 Å². The Labute approximate surface area is 88.3 Å². The predicted octanol–water partition coefficient (Wildman–Crippen LogP) is 3.43. The topological polar surface area (TPSA) is 9.23 Å². The minimum Gasteiger partial charge on any atom is -0.496 e. The third kappa shape index (κ3) is 2.25. The molecule has 72 valence electrons. The van der Waals surface area contributed by atoms with Crippen LogP contribution in [0.3, 0.4) is 0 Å². The van der Waals surface area contributed by atoms with Gasteiger partial charge in [-0.05, 0) is 18.6 Å². The summed E-state index contributed by atoms with van der Waals surface area (Å²) >= 11 is 3.61. The second-order valence-electron chi connectivity index (χ2n) is 3.12. The molecule has 0 radical (unpaired) electrons. The van der Waals surface area contributed by atoms with Gasteiger partial charge < -0.3 is 4.74 Å². The molecule has 0 unspecified atom stereocenters. The molecule has 0 heterocycles. The molecule has 0 N–H and O–H groups in total. The van der Waals surface area contributed by atoms with Gasteiger partial charge >= 0.3 is 0 Å². The smallest absolute Gasteiger partial charge is 0.122 e. The fourth-order valence-electron chi connectivity index (χ4n) is 1.44. The first-order chi connectivity index (χ1) is 6.20. The molecule has 0 aromatic carbocycles. The van der Waals surface area contributed by atoms with E-state index in [1.807, 2.05) is 19.1 Å². The van der Waals surface area contributed by atoms with Gasteiger partial charge in [-0.1, -0.05) is 41.1 Å². The molecule has 0 bridgehead atoms. The molecule has 1 nitrogen and oxygen atoms in total. The molecular formula is C11H15BrO. The average molecular weight is 243 g/mol. The summed E-state index contributed by atoms with van der Waals surface area (Å²) in [5, 5.41) is 0. The zero-order chi connectivity index (χ0) is 9.84. The van der Waals surface area contributed by atoms with E-state index in [4.69, 9.17) is 4.74 Å². The summed E-state index contributed by atoms with van der Waals surface area (Å²) in [6.45, 7) is 4.21. The Kier molecular flexibility index (Phi) is 3.79. The van der Waals surface area contributed by atoms with Crippen molar-refractivity contribution in [2.75, 3.05) is 7.11 Å². The lowest BCUT2D eigenvalue weighted by Crippen LogP contribution is -2.15. The normalized spacial score (nSPS) is 28.6. The van der Waals surface area contributed by atoms with E-state index in [0.717, 1.165) is 5.76 Å². The molecule has 1 aliphatic rings. The molecule has 0 amide bonds. The molecule has 0 aromatic heterocycles. The van der Waals surface area contributed by atoms with Crippen LogP contribution in [0.25, 0.3) is 0 Å². The van der Waals surface area contributed by atoms with Gasteiger partial charge in [-0.3, -0.25) is 0 Å². The average Bonchev–Trinajstić information content (AvgIpc) is 2.14. The Morgan fingerprint density at radius 1 is 1.54 bits per heavy atom. The molecule has 0 aromatic rings. The fraction of sp³-hybridized carbons (Fsp3) is 0.455. The molecular weight excluding hydrogens is 228 g/mol. The largest absolute Gasteiger partial charge is 0.496 e. The maximum absolute atomic E-state index is 5.30. The number of ether oxygens (including phenoxy) is 1. The lowest BCUT2D eigenvalue weighted by molar-refractivity contribution is 0.297. The van der Waals surface area contributed by atoms with Crippen molar-refractivity contribution < 1.29 is 4.74 Å². The highest BCUT2D eigenvalue weighted by Crippen LogP contribution is 2.30. The summed E-state index contributed by atoms with van der Waals surface area (Å²) in [6, 6.07) is 0. The van der Waals surface area contributed by atoms with Gasteiger partial charge in [-0.2, -0.15) is 0 Å². The molecule has 0 aliphatic heterocycles. The highest BCUT2D eigenvalue weighted by molar-refractivity contribution is 9.09. The number of halogens is 1. The van der Waals surface area contributed by atoms with Crippen molar-refractivity contribution >= 4 is 15.9 Å². The van der Waals surface area contributed by atoms with Gasteiger partial charge in [0, 0.05) is 10.7 Å². The van der Waals surface area contributed by atoms with Crippen LogP contribution >= 0.6 is 15.9 Å². The fourth-order valence-corrected chi connectivity index (χ4v) is 1.87. The molecule has 0 spiro atoms. The van der Waals surface area contributed by atoms with E-state index >= 15 is 0 Å². The van der Waals surface area contributed by atoms with Gasteiger partial charge in [-0.15, -0.1) is 0 Å². The third-order valence-corrected chi connectivity index (χ3v) is 3.35. The van der Waals surface area contributed by atoms with Crippen LogP contribution in [0.1, 0.15) is 13.8 Å². The minimum atomic E-state index is 0.414. The summed E-state index contributed by atoms with van der Waals surface area (Å²) < 4.78 is 5.30. The second kappa shape index (κ2) is 4.66. The van der Waals surface area contributed by atoms with Crippen LogP contribution in [-0.4, -0.2) is 11.9 Å². The first-order valence-electron chi connectivity index (χ1n) is 4.43. The molecule has 0 saturated carbocycles. The Morgan fingerprint density at radius 2 is 2.23 bits per heavy atom. The summed E-state index contributed by atoms with van der Waals surface area (Å²) in [5.41, 5.74) is 1.26. The maximum atomic E-state index is 5.30. The van der Waals surface area contributed by atoms with Crippen molar-refractivity contribution in [1.82, 2.24) is 0 Å². The summed E-state index contributed by atoms with van der Waals surface area (Å²) in [7, 11) is 1.71. The van der Waals surface area contributed by atoms with Crippen LogP contribution < -0.4 is 0 Å². The van der Waals surface area contributed by atoms with E-state index in [1.54, 1.807) is 7.11 Å². The van der Waals surface area contributed by atoms with Crippen molar-refractivity contribution in [3.8, 4) is 0 Å². The lowest BCUT2D eigenvalue weighted by Gasteiger charge is -2.23. The number of allylic oxidation sites excluding steroid dienone is 5. The van der Waals surface area contributed by atoms with Gasteiger partial charge in [0.2, 0.25) is 0 Å². The SMILES string of the molecule is C/C=C\C1=C(OC)C=C[C@H](Br)[C@@H]1C. The van der Waals surface area contributed by atoms with E-state index in [0.29, 0.717) is 10.7 Å². The molecule has 1 rings (SSSR count). The van der Waals surface area contributed by atoms with Crippen molar-refractivity contribution in [1.29, 1.82) is 0 Å². The first kappa shape index (κ1) is 10.6. The first-order valence-corrected chi connectivity index (χ1v) is 5.35. The van der Waals surface area contributed by atoms with Crippen LogP contribution in [0.15, 0.2) is 35.6 Å². The standard InChI is InChI=1S/C11H15BrO/c1-4-5-9-8(2)10(12)6-7-11(9)13-3/h4-8,10H,1-3H3/b5-4-/t8-,10+/m1/s1. The number of hydrogen-bond donors (Lipinski definition) is 0. The Balaban J connectivity index is 3.01. The highest BCUT2D eigenvalue weighted by atomic mass is 79.9. The Morgan fingerprint density at radius 3 is 2.77 bits per heavy atom. The highest BCUT2D eigenvalue weighted by Gasteiger charge is 2.21. The van der Waals surface area contributed by atoms with E-state index in [-0.39, 0.29) is 0 Å². The number of alkyl halides is 1. The number of methoxy groups -OCH3 is 1. The van der Waals surface area contributed by atoms with Crippen molar-refractivity contribution in [3.63, 3.8) is 0 Å². The van der Waals surface area contributed by atoms with Crippen LogP contribution in [0.4, 0.5) is 0 Å². The Hall–Kier alpha value is -0.500. The summed E-state index contributed by atoms with van der Waals surface area (Å²) in [5.74, 6) is 1.44. The van der Waals surface area contributed by atoms with Crippen LogP contribution in [0, 0.1) is 5.92 Å². The molecule has 0 saturated heterocycles. The van der Waals surface area contributed by atoms with Crippen LogP contribution in [0.2, 0.25) is 0 Å². The predicted molar refractivity (Wildman–Crippen MR) is 59.9 cm³/mol. The second-order valence-corrected chi connectivity index (χ2v) is 4.17. The van der Waals surface area contributed by atoms with Gasteiger partial charge in [-0.25, -0.2) is 0 Å².